The normalized spacial score (nSPS) is 17.8. The van der Waals surface area contributed by atoms with E-state index in [2.05, 4.69) is 61.4 Å². The van der Waals surface area contributed by atoms with Gasteiger partial charge in [-0.05, 0) is 66.8 Å². The average Bonchev–Trinajstić information content (AvgIpc) is 3.37. The number of rotatable bonds is 14. The van der Waals surface area contributed by atoms with Crippen molar-refractivity contribution < 1.29 is 40.4 Å². The summed E-state index contributed by atoms with van der Waals surface area (Å²) < 4.78 is 67.0. The smallest absolute Gasteiger partial charge is 0.303 e. The van der Waals surface area contributed by atoms with Gasteiger partial charge < -0.3 is 10.0 Å². The monoisotopic (exact) mass is 721 g/mol. The molecule has 0 aromatic heterocycles. The Morgan fingerprint density at radius 3 is 2.26 bits per heavy atom. The summed E-state index contributed by atoms with van der Waals surface area (Å²) in [6.07, 6.45) is 10.7. The maximum absolute atomic E-state index is 11.5. The van der Waals surface area contributed by atoms with Crippen molar-refractivity contribution in [1.29, 1.82) is 0 Å². The number of hydrogen-bond acceptors (Lipinski definition) is 6. The zero-order valence-corrected chi connectivity index (χ0v) is 30.5. The topological polar surface area (TPSA) is 152 Å². The SMILES string of the molecule is CC1(C)C(/C=C/C=C/C=C2/N(CCCS(=O)(=O)O)c3ccc(CCC(=O)O)cc3C2(C)C)=[N+](CCCS(=O)(=O)O)c2ccc3ccccc3c21. The maximum Gasteiger partial charge on any atom is 0.303 e. The van der Waals surface area contributed by atoms with E-state index in [1.165, 1.54) is 0 Å². The van der Waals surface area contributed by atoms with Crippen molar-refractivity contribution in [3.63, 3.8) is 0 Å². The van der Waals surface area contributed by atoms with Crippen LogP contribution < -0.4 is 4.90 Å². The van der Waals surface area contributed by atoms with Crippen LogP contribution in [0.5, 0.6) is 0 Å². The molecule has 3 N–H and O–H groups in total. The minimum absolute atomic E-state index is 0.0180. The number of carbonyl (C=O) groups is 1. The van der Waals surface area contributed by atoms with E-state index in [1.807, 2.05) is 60.7 Å². The Labute approximate surface area is 294 Å². The first-order valence-corrected chi connectivity index (χ1v) is 19.9. The minimum atomic E-state index is -4.13. The first kappa shape index (κ1) is 37.2. The second-order valence-electron chi connectivity index (χ2n) is 13.9. The Morgan fingerprint density at radius 1 is 0.860 bits per heavy atom. The second-order valence-corrected chi connectivity index (χ2v) is 17.1. The van der Waals surface area contributed by atoms with Gasteiger partial charge in [-0.3, -0.25) is 13.9 Å². The van der Waals surface area contributed by atoms with E-state index in [-0.39, 0.29) is 30.8 Å². The summed E-state index contributed by atoms with van der Waals surface area (Å²) in [4.78, 5) is 13.3. The minimum Gasteiger partial charge on any atom is -0.481 e. The summed E-state index contributed by atoms with van der Waals surface area (Å²) in [5, 5.41) is 11.4. The highest BCUT2D eigenvalue weighted by Gasteiger charge is 2.45. The summed E-state index contributed by atoms with van der Waals surface area (Å²) >= 11 is 0. The Kier molecular flexibility index (Phi) is 10.6. The van der Waals surface area contributed by atoms with Gasteiger partial charge in [0, 0.05) is 53.9 Å². The highest BCUT2D eigenvalue weighted by molar-refractivity contribution is 7.86. The Hall–Kier alpha value is -4.10. The summed E-state index contributed by atoms with van der Waals surface area (Å²) in [5.74, 6) is -1.57. The van der Waals surface area contributed by atoms with Crippen LogP contribution in [0, 0.1) is 0 Å². The quantitative estimate of drug-likeness (QED) is 0.0952. The number of aliphatic carboxylic acids is 1. The van der Waals surface area contributed by atoms with E-state index in [9.17, 15) is 35.8 Å². The highest BCUT2D eigenvalue weighted by Crippen LogP contribution is 2.48. The van der Waals surface area contributed by atoms with Crippen molar-refractivity contribution in [2.24, 2.45) is 0 Å². The molecule has 0 spiro atoms. The molecule has 266 valence electrons. The number of carboxylic acids is 1. The first-order chi connectivity index (χ1) is 23.4. The van der Waals surface area contributed by atoms with Crippen LogP contribution in [0.3, 0.4) is 0 Å². The number of fused-ring (bicyclic) bond motifs is 4. The standard InChI is InChI=1S/C38H44N2O8S2/c1-37(2)30-26-27(17-21-35(41)42)16-19-31(30)39(22-10-24-49(43,44)45)33(37)14-6-5-7-15-34-38(3,4)36-29-13-9-8-12-28(29)18-20-32(36)40(34)23-11-25-50(46,47)48/h5-9,12-16,18-20,26H,10-11,17,21-25H2,1-4H3,(H2-,41,42,43,44,45,46,47,48)/p+1. The third-order valence-corrected chi connectivity index (χ3v) is 11.2. The van der Waals surface area contributed by atoms with Crippen LogP contribution in [0.4, 0.5) is 11.4 Å². The lowest BCUT2D eigenvalue weighted by molar-refractivity contribution is -0.437. The molecule has 0 atom stereocenters. The number of nitrogens with zero attached hydrogens (tertiary/aromatic N) is 2. The molecule has 10 nitrogen and oxygen atoms in total. The number of aryl methyl sites for hydroxylation is 1. The molecule has 0 unspecified atom stereocenters. The summed E-state index contributed by atoms with van der Waals surface area (Å²) in [5.41, 5.74) is 6.02. The highest BCUT2D eigenvalue weighted by atomic mass is 32.2. The molecule has 3 aromatic rings. The van der Waals surface area contributed by atoms with Crippen molar-refractivity contribution in [1.82, 2.24) is 0 Å². The molecule has 0 aliphatic carbocycles. The predicted molar refractivity (Wildman–Crippen MR) is 198 cm³/mol. The largest absolute Gasteiger partial charge is 0.481 e. The number of anilines is 1. The van der Waals surface area contributed by atoms with E-state index >= 15 is 0 Å². The van der Waals surface area contributed by atoms with Gasteiger partial charge in [0.1, 0.15) is 6.54 Å². The summed E-state index contributed by atoms with van der Waals surface area (Å²) in [6.45, 7) is 9.22. The molecule has 0 radical (unpaired) electrons. The molecule has 0 bridgehead atoms. The lowest BCUT2D eigenvalue weighted by Crippen LogP contribution is -2.28. The molecule has 0 amide bonds. The van der Waals surface area contributed by atoms with Gasteiger partial charge in [0.15, 0.2) is 5.71 Å². The average molecular weight is 722 g/mol. The molecular weight excluding hydrogens is 677 g/mol. The van der Waals surface area contributed by atoms with Gasteiger partial charge in [-0.2, -0.15) is 21.4 Å². The predicted octanol–water partition coefficient (Wildman–Crippen LogP) is 6.58. The van der Waals surface area contributed by atoms with E-state index in [1.54, 1.807) is 0 Å². The van der Waals surface area contributed by atoms with E-state index in [0.717, 1.165) is 50.2 Å². The van der Waals surface area contributed by atoms with E-state index in [4.69, 9.17) is 0 Å². The van der Waals surface area contributed by atoms with Gasteiger partial charge in [0.25, 0.3) is 20.2 Å². The van der Waals surface area contributed by atoms with Crippen LogP contribution >= 0.6 is 0 Å². The van der Waals surface area contributed by atoms with Gasteiger partial charge in [-0.15, -0.1) is 0 Å². The van der Waals surface area contributed by atoms with Crippen LogP contribution in [0.15, 0.2) is 90.7 Å². The van der Waals surface area contributed by atoms with E-state index in [0.29, 0.717) is 19.5 Å². The molecule has 50 heavy (non-hydrogen) atoms. The third-order valence-electron chi connectivity index (χ3n) is 9.64. The van der Waals surface area contributed by atoms with Crippen LogP contribution in [0.1, 0.15) is 63.6 Å². The van der Waals surface area contributed by atoms with Gasteiger partial charge in [0.2, 0.25) is 5.69 Å². The van der Waals surface area contributed by atoms with Crippen molar-refractivity contribution in [3.8, 4) is 0 Å². The van der Waals surface area contributed by atoms with Crippen molar-refractivity contribution in [2.75, 3.05) is 29.5 Å². The lowest BCUT2D eigenvalue weighted by Gasteiger charge is -2.27. The molecule has 2 aliphatic heterocycles. The lowest BCUT2D eigenvalue weighted by atomic mass is 9.79. The molecule has 3 aromatic carbocycles. The van der Waals surface area contributed by atoms with Crippen LogP contribution in [-0.4, -0.2) is 71.9 Å². The molecule has 5 rings (SSSR count). The maximum atomic E-state index is 11.5. The summed E-state index contributed by atoms with van der Waals surface area (Å²) in [7, 11) is -8.23. The van der Waals surface area contributed by atoms with Gasteiger partial charge >= 0.3 is 5.97 Å². The van der Waals surface area contributed by atoms with Crippen molar-refractivity contribution >= 4 is 54.1 Å². The fraction of sp³-hybridized carbons (Fsp3) is 0.368. The molecule has 12 heteroatoms. The Morgan fingerprint density at radius 2 is 1.56 bits per heavy atom. The number of carboxylic acid groups (broad SMARTS) is 1. The van der Waals surface area contributed by atoms with Crippen LogP contribution in [0.2, 0.25) is 0 Å². The van der Waals surface area contributed by atoms with E-state index < -0.39 is 37.0 Å². The van der Waals surface area contributed by atoms with Crippen molar-refractivity contribution in [3.05, 3.63) is 107 Å². The molecule has 2 heterocycles. The zero-order chi connectivity index (χ0) is 36.5. The molecule has 2 aliphatic rings. The van der Waals surface area contributed by atoms with Gasteiger partial charge in [0.05, 0.1) is 16.9 Å². The molecule has 0 saturated heterocycles. The Balaban J connectivity index is 1.47. The molecule has 0 fully saturated rings. The molecule has 0 saturated carbocycles. The first-order valence-electron chi connectivity index (χ1n) is 16.7. The van der Waals surface area contributed by atoms with Crippen molar-refractivity contribution in [2.45, 2.75) is 64.2 Å². The fourth-order valence-electron chi connectivity index (χ4n) is 7.31. The number of allylic oxidation sites excluding steroid dienone is 6. The molecular formula is C38H45N2O8S2+. The zero-order valence-electron chi connectivity index (χ0n) is 28.8. The number of benzene rings is 3. The Bertz CT molecular complexity index is 2160. The van der Waals surface area contributed by atoms with Gasteiger partial charge in [-0.1, -0.05) is 68.5 Å². The summed E-state index contributed by atoms with van der Waals surface area (Å²) in [6, 6.07) is 18.2. The number of hydrogen-bond donors (Lipinski definition) is 3. The van der Waals surface area contributed by atoms with Crippen LogP contribution in [0.25, 0.3) is 10.8 Å². The fourth-order valence-corrected chi connectivity index (χ4v) is 8.30. The third kappa shape index (κ3) is 8.10. The van der Waals surface area contributed by atoms with Crippen LogP contribution in [-0.2, 0) is 42.3 Å². The second kappa shape index (κ2) is 14.3. The van der Waals surface area contributed by atoms with Gasteiger partial charge in [-0.25, -0.2) is 0 Å².